The summed E-state index contributed by atoms with van der Waals surface area (Å²) in [5.74, 6) is 2.90. The molecule has 1 aliphatic carbocycles. The molecule has 0 N–H and O–H groups in total. The van der Waals surface area contributed by atoms with Gasteiger partial charge in [0.25, 0.3) is 5.56 Å². The van der Waals surface area contributed by atoms with Crippen molar-refractivity contribution in [3.05, 3.63) is 73.9 Å². The topological polar surface area (TPSA) is 53.4 Å². The van der Waals surface area contributed by atoms with Gasteiger partial charge in [0.2, 0.25) is 0 Å². The predicted molar refractivity (Wildman–Crippen MR) is 164 cm³/mol. The van der Waals surface area contributed by atoms with Crippen molar-refractivity contribution in [3.8, 4) is 17.2 Å². The molecule has 0 fully saturated rings. The summed E-state index contributed by atoms with van der Waals surface area (Å²) < 4.78 is 13.4. The average molecular weight is 563 g/mol. The third kappa shape index (κ3) is 5.62. The minimum Gasteiger partial charge on any atom is -0.497 e. The van der Waals surface area contributed by atoms with E-state index in [4.69, 9.17) is 14.5 Å². The monoisotopic (exact) mass is 562 g/mol. The molecule has 0 spiro atoms. The van der Waals surface area contributed by atoms with Crippen LogP contribution >= 0.6 is 23.1 Å². The van der Waals surface area contributed by atoms with Gasteiger partial charge in [-0.05, 0) is 85.8 Å². The molecule has 1 aliphatic rings. The van der Waals surface area contributed by atoms with Crippen LogP contribution in [0.4, 0.5) is 0 Å². The standard InChI is InChI=1S/C32H38N2O3S2/c1-19-8-9-21(3)26(16-19)37-14-15-38-31-33-29-28(24-13-11-22(32(4,5)6)17-27(24)39-29)30(35)34(31)25-18-23(36-7)12-10-20(25)2/h8-10,12,16,18,22H,11,13-15,17H2,1-7H3. The Labute approximate surface area is 239 Å². The number of thioether (sulfide) groups is 1. The van der Waals surface area contributed by atoms with Gasteiger partial charge in [0.15, 0.2) is 5.16 Å². The van der Waals surface area contributed by atoms with Gasteiger partial charge in [-0.15, -0.1) is 11.3 Å². The number of fused-ring (bicyclic) bond motifs is 3. The van der Waals surface area contributed by atoms with E-state index < -0.39 is 0 Å². The van der Waals surface area contributed by atoms with Crippen LogP contribution in [0.2, 0.25) is 0 Å². The molecular formula is C32H38N2O3S2. The fraction of sp³-hybridized carbons (Fsp3) is 0.438. The van der Waals surface area contributed by atoms with Gasteiger partial charge < -0.3 is 9.47 Å². The number of hydrogen-bond donors (Lipinski definition) is 0. The fourth-order valence-electron chi connectivity index (χ4n) is 5.36. The van der Waals surface area contributed by atoms with E-state index in [2.05, 4.69) is 52.8 Å². The van der Waals surface area contributed by atoms with E-state index in [0.717, 1.165) is 57.8 Å². The minimum atomic E-state index is 0.0148. The first kappa shape index (κ1) is 27.8. The van der Waals surface area contributed by atoms with Crippen LogP contribution in [-0.2, 0) is 12.8 Å². The molecule has 1 atom stereocenters. The van der Waals surface area contributed by atoms with E-state index >= 15 is 0 Å². The molecule has 5 rings (SSSR count). The summed E-state index contributed by atoms with van der Waals surface area (Å²) in [7, 11) is 1.65. The molecule has 0 amide bonds. The van der Waals surface area contributed by atoms with Crippen LogP contribution in [0, 0.1) is 32.1 Å². The molecule has 39 heavy (non-hydrogen) atoms. The molecule has 0 saturated carbocycles. The van der Waals surface area contributed by atoms with Gasteiger partial charge in [-0.2, -0.15) is 0 Å². The summed E-state index contributed by atoms with van der Waals surface area (Å²) in [5.41, 5.74) is 5.58. The Hall–Kier alpha value is -2.77. The van der Waals surface area contributed by atoms with Gasteiger partial charge in [0, 0.05) is 16.7 Å². The predicted octanol–water partition coefficient (Wildman–Crippen LogP) is 7.70. The maximum absolute atomic E-state index is 14.3. The number of thiophene rings is 1. The van der Waals surface area contributed by atoms with Crippen molar-refractivity contribution in [3.63, 3.8) is 0 Å². The van der Waals surface area contributed by atoms with Crippen LogP contribution < -0.4 is 15.0 Å². The van der Waals surface area contributed by atoms with Gasteiger partial charge in [-0.25, -0.2) is 4.98 Å². The van der Waals surface area contributed by atoms with E-state index in [1.807, 2.05) is 25.1 Å². The highest BCUT2D eigenvalue weighted by molar-refractivity contribution is 7.99. The Bertz CT molecular complexity index is 1580. The molecule has 0 bridgehead atoms. The third-order valence-electron chi connectivity index (χ3n) is 7.85. The first-order valence-electron chi connectivity index (χ1n) is 13.6. The highest BCUT2D eigenvalue weighted by Gasteiger charge is 2.32. The SMILES string of the molecule is COc1ccc(C)c(-n2c(SCCOc3cc(C)ccc3C)nc3sc4c(c3c2=O)CCC(C(C)(C)C)C4)c1. The van der Waals surface area contributed by atoms with E-state index in [1.165, 1.54) is 16.0 Å². The van der Waals surface area contributed by atoms with E-state index in [-0.39, 0.29) is 11.0 Å². The lowest BCUT2D eigenvalue weighted by atomic mass is 9.72. The molecule has 5 nitrogen and oxygen atoms in total. The quantitative estimate of drug-likeness (QED) is 0.131. The van der Waals surface area contributed by atoms with Crippen LogP contribution in [0.3, 0.4) is 0 Å². The smallest absolute Gasteiger partial charge is 0.267 e. The summed E-state index contributed by atoms with van der Waals surface area (Å²) in [6, 6.07) is 12.1. The van der Waals surface area contributed by atoms with Crippen molar-refractivity contribution in [2.45, 2.75) is 66.0 Å². The van der Waals surface area contributed by atoms with E-state index in [1.54, 1.807) is 34.8 Å². The summed E-state index contributed by atoms with van der Waals surface area (Å²) in [4.78, 5) is 21.6. The summed E-state index contributed by atoms with van der Waals surface area (Å²) in [6.45, 7) is 13.6. The highest BCUT2D eigenvalue weighted by Crippen LogP contribution is 2.42. The molecule has 0 aliphatic heterocycles. The Kier molecular flexibility index (Phi) is 7.84. The number of hydrogen-bond acceptors (Lipinski definition) is 6. The Morgan fingerprint density at radius 1 is 1.10 bits per heavy atom. The summed E-state index contributed by atoms with van der Waals surface area (Å²) in [6.07, 6.45) is 3.05. The number of nitrogens with zero attached hydrogens (tertiary/aromatic N) is 2. The van der Waals surface area contributed by atoms with Gasteiger partial charge in [0.05, 0.1) is 24.8 Å². The van der Waals surface area contributed by atoms with Crippen molar-refractivity contribution in [2.24, 2.45) is 11.3 Å². The normalized spacial score (nSPS) is 15.4. The lowest BCUT2D eigenvalue weighted by molar-refractivity contribution is 0.218. The third-order valence-corrected chi connectivity index (χ3v) is 9.90. The highest BCUT2D eigenvalue weighted by atomic mass is 32.2. The zero-order valence-corrected chi connectivity index (χ0v) is 25.6. The van der Waals surface area contributed by atoms with Gasteiger partial charge in [-0.3, -0.25) is 9.36 Å². The van der Waals surface area contributed by atoms with Crippen LogP contribution in [-0.4, -0.2) is 29.0 Å². The van der Waals surface area contributed by atoms with E-state index in [9.17, 15) is 4.79 Å². The lowest BCUT2D eigenvalue weighted by Crippen LogP contribution is -2.27. The molecule has 7 heteroatoms. The lowest BCUT2D eigenvalue weighted by Gasteiger charge is -2.33. The minimum absolute atomic E-state index is 0.0148. The summed E-state index contributed by atoms with van der Waals surface area (Å²) in [5, 5.41) is 1.49. The number of aryl methyl sites for hydroxylation is 4. The van der Waals surface area contributed by atoms with Gasteiger partial charge >= 0.3 is 0 Å². The largest absolute Gasteiger partial charge is 0.497 e. The molecular weight excluding hydrogens is 524 g/mol. The van der Waals surface area contributed by atoms with Gasteiger partial charge in [0.1, 0.15) is 16.3 Å². The van der Waals surface area contributed by atoms with Crippen LogP contribution in [0.15, 0.2) is 46.3 Å². The Morgan fingerprint density at radius 3 is 2.62 bits per heavy atom. The molecule has 1 unspecified atom stereocenters. The van der Waals surface area contributed by atoms with Crippen LogP contribution in [0.5, 0.6) is 11.5 Å². The first-order chi connectivity index (χ1) is 18.6. The molecule has 2 heterocycles. The average Bonchev–Trinajstić information content (AvgIpc) is 3.26. The zero-order valence-electron chi connectivity index (χ0n) is 24.0. The molecule has 206 valence electrons. The Morgan fingerprint density at radius 2 is 1.87 bits per heavy atom. The second-order valence-electron chi connectivity index (χ2n) is 11.6. The Balaban J connectivity index is 1.54. The van der Waals surface area contributed by atoms with Crippen molar-refractivity contribution in [1.82, 2.24) is 9.55 Å². The molecule has 0 saturated heterocycles. The number of methoxy groups -OCH3 is 1. The van der Waals surface area contributed by atoms with Gasteiger partial charge in [-0.1, -0.05) is 50.7 Å². The zero-order chi connectivity index (χ0) is 27.9. The number of ether oxygens (including phenoxy) is 2. The van der Waals surface area contributed by atoms with Crippen molar-refractivity contribution < 1.29 is 9.47 Å². The van der Waals surface area contributed by atoms with Crippen LogP contribution in [0.25, 0.3) is 15.9 Å². The molecule has 4 aromatic rings. The van der Waals surface area contributed by atoms with Crippen molar-refractivity contribution in [1.29, 1.82) is 0 Å². The molecule has 2 aromatic heterocycles. The second kappa shape index (κ2) is 11.0. The van der Waals surface area contributed by atoms with E-state index in [0.29, 0.717) is 23.4 Å². The van der Waals surface area contributed by atoms with Crippen molar-refractivity contribution in [2.75, 3.05) is 19.5 Å². The maximum Gasteiger partial charge on any atom is 0.267 e. The molecule has 0 radical (unpaired) electrons. The maximum atomic E-state index is 14.3. The molecule has 2 aromatic carbocycles. The fourth-order valence-corrected chi connectivity index (χ4v) is 7.52. The number of benzene rings is 2. The first-order valence-corrected chi connectivity index (χ1v) is 15.4. The number of rotatable bonds is 7. The van der Waals surface area contributed by atoms with Crippen LogP contribution in [0.1, 0.15) is 54.3 Å². The van der Waals surface area contributed by atoms with Crippen molar-refractivity contribution >= 4 is 33.3 Å². The second-order valence-corrected chi connectivity index (χ2v) is 13.8. The summed E-state index contributed by atoms with van der Waals surface area (Å²) >= 11 is 3.28. The number of aromatic nitrogens is 2.